The molecule has 6 nitrogen and oxygen atoms in total. The highest BCUT2D eigenvalue weighted by atomic mass is 32.2. The van der Waals surface area contributed by atoms with Crippen LogP contribution in [0.1, 0.15) is 30.1 Å². The van der Waals surface area contributed by atoms with Crippen molar-refractivity contribution in [1.29, 1.82) is 0 Å². The number of carbonyl (C=O) groups is 3. The lowest BCUT2D eigenvalue weighted by atomic mass is 10.1. The molecule has 3 rings (SSSR count). The average Bonchev–Trinajstić information content (AvgIpc) is 3.09. The van der Waals surface area contributed by atoms with E-state index in [1.807, 2.05) is 6.92 Å². The maximum atomic E-state index is 12.3. The van der Waals surface area contributed by atoms with Crippen molar-refractivity contribution in [2.75, 3.05) is 19.5 Å². The Bertz CT molecular complexity index is 674. The summed E-state index contributed by atoms with van der Waals surface area (Å²) in [6.07, 6.45) is 1.20. The zero-order valence-electron chi connectivity index (χ0n) is 13.6. The summed E-state index contributed by atoms with van der Waals surface area (Å²) in [4.78, 5) is 37.8. The standard InChI is InChI=1S/C17H19NO5S/c1-17-8-7-15(20)18(17)13(10-24-17)16(21)23-9-14(19)11-3-5-12(22-2)6-4-11/h3-6,13H,7-10H2,1-2H3/t13-,17+/m0/s1. The molecule has 2 fully saturated rings. The van der Waals surface area contributed by atoms with Crippen LogP contribution in [-0.4, -0.2) is 52.9 Å². The van der Waals surface area contributed by atoms with Crippen molar-refractivity contribution in [3.8, 4) is 5.75 Å². The number of esters is 1. The first-order valence-corrected chi connectivity index (χ1v) is 8.73. The molecule has 1 aromatic carbocycles. The number of carbonyl (C=O) groups excluding carboxylic acids is 3. The molecule has 0 aliphatic carbocycles. The number of ether oxygens (including phenoxy) is 2. The van der Waals surface area contributed by atoms with Gasteiger partial charge in [-0.2, -0.15) is 0 Å². The molecular weight excluding hydrogens is 330 g/mol. The fourth-order valence-electron chi connectivity index (χ4n) is 3.09. The molecule has 24 heavy (non-hydrogen) atoms. The highest BCUT2D eigenvalue weighted by molar-refractivity contribution is 8.01. The molecule has 2 heterocycles. The largest absolute Gasteiger partial charge is 0.497 e. The topological polar surface area (TPSA) is 72.9 Å². The van der Waals surface area contributed by atoms with Gasteiger partial charge in [-0.1, -0.05) is 0 Å². The molecular formula is C17H19NO5S. The lowest BCUT2D eigenvalue weighted by Gasteiger charge is -2.29. The number of methoxy groups -OCH3 is 1. The van der Waals surface area contributed by atoms with Crippen LogP contribution in [0.25, 0.3) is 0 Å². The van der Waals surface area contributed by atoms with Gasteiger partial charge >= 0.3 is 5.97 Å². The highest BCUT2D eigenvalue weighted by Gasteiger charge is 2.53. The van der Waals surface area contributed by atoms with Crippen LogP contribution < -0.4 is 4.74 Å². The Balaban J connectivity index is 1.59. The van der Waals surface area contributed by atoms with Gasteiger partial charge in [0.05, 0.1) is 12.0 Å². The van der Waals surface area contributed by atoms with Gasteiger partial charge in [-0.3, -0.25) is 9.59 Å². The van der Waals surface area contributed by atoms with Crippen LogP contribution in [0.15, 0.2) is 24.3 Å². The van der Waals surface area contributed by atoms with E-state index in [9.17, 15) is 14.4 Å². The third kappa shape index (κ3) is 3.00. The summed E-state index contributed by atoms with van der Waals surface area (Å²) in [5.74, 6) is 0.345. The van der Waals surface area contributed by atoms with Crippen molar-refractivity contribution in [3.05, 3.63) is 29.8 Å². The Labute approximate surface area is 144 Å². The number of thioether (sulfide) groups is 1. The third-order valence-corrected chi connectivity index (χ3v) is 5.98. The fourth-order valence-corrected chi connectivity index (χ4v) is 4.50. The molecule has 1 amide bonds. The van der Waals surface area contributed by atoms with Gasteiger partial charge in [0.2, 0.25) is 5.91 Å². The molecule has 0 N–H and O–H groups in total. The second-order valence-corrected chi connectivity index (χ2v) is 7.53. The fraction of sp³-hybridized carbons (Fsp3) is 0.471. The molecule has 2 aliphatic heterocycles. The second kappa shape index (κ2) is 6.47. The van der Waals surface area contributed by atoms with Crippen molar-refractivity contribution in [3.63, 3.8) is 0 Å². The lowest BCUT2D eigenvalue weighted by molar-refractivity contribution is -0.152. The van der Waals surface area contributed by atoms with Gasteiger partial charge in [-0.05, 0) is 37.6 Å². The number of hydrogen-bond donors (Lipinski definition) is 0. The van der Waals surface area contributed by atoms with E-state index < -0.39 is 12.0 Å². The number of nitrogens with zero attached hydrogens (tertiary/aromatic N) is 1. The Morgan fingerprint density at radius 3 is 2.71 bits per heavy atom. The van der Waals surface area contributed by atoms with Crippen LogP contribution in [0.5, 0.6) is 5.75 Å². The molecule has 2 atom stereocenters. The number of Topliss-reactive ketones (excluding diaryl/α,β-unsaturated/α-hetero) is 1. The molecule has 128 valence electrons. The monoisotopic (exact) mass is 349 g/mol. The van der Waals surface area contributed by atoms with Crippen molar-refractivity contribution in [2.45, 2.75) is 30.7 Å². The van der Waals surface area contributed by atoms with Crippen molar-refractivity contribution < 1.29 is 23.9 Å². The Morgan fingerprint density at radius 1 is 1.33 bits per heavy atom. The zero-order chi connectivity index (χ0) is 17.3. The second-order valence-electron chi connectivity index (χ2n) is 6.02. The average molecular weight is 349 g/mol. The third-order valence-electron chi connectivity index (χ3n) is 4.47. The van der Waals surface area contributed by atoms with Crippen LogP contribution in [0.4, 0.5) is 0 Å². The van der Waals surface area contributed by atoms with Crippen molar-refractivity contribution in [2.24, 2.45) is 0 Å². The number of benzene rings is 1. The quantitative estimate of drug-likeness (QED) is 0.597. The van der Waals surface area contributed by atoms with E-state index in [0.717, 1.165) is 6.42 Å². The van der Waals surface area contributed by atoms with Gasteiger partial charge in [-0.15, -0.1) is 11.8 Å². The summed E-state index contributed by atoms with van der Waals surface area (Å²) in [6, 6.07) is 6.01. The molecule has 0 unspecified atom stereocenters. The normalized spacial score (nSPS) is 25.5. The molecule has 0 radical (unpaired) electrons. The molecule has 1 aromatic rings. The maximum absolute atomic E-state index is 12.3. The van der Waals surface area contributed by atoms with Crippen LogP contribution in [0.3, 0.4) is 0 Å². The van der Waals surface area contributed by atoms with Crippen molar-refractivity contribution >= 4 is 29.4 Å². The molecule has 0 saturated carbocycles. The first-order chi connectivity index (χ1) is 11.4. The first-order valence-electron chi connectivity index (χ1n) is 7.74. The van der Waals surface area contributed by atoms with Crippen LogP contribution in [0, 0.1) is 0 Å². The maximum Gasteiger partial charge on any atom is 0.330 e. The Kier molecular flexibility index (Phi) is 4.54. The molecule has 7 heteroatoms. The molecule has 0 aromatic heterocycles. The predicted octanol–water partition coefficient (Wildman–Crippen LogP) is 1.88. The van der Waals surface area contributed by atoms with Gasteiger partial charge in [-0.25, -0.2) is 4.79 Å². The van der Waals surface area contributed by atoms with Gasteiger partial charge in [0.1, 0.15) is 11.8 Å². The van der Waals surface area contributed by atoms with Gasteiger partial charge in [0.25, 0.3) is 0 Å². The molecule has 0 spiro atoms. The SMILES string of the molecule is COc1ccc(C(=O)COC(=O)[C@@H]2CS[C@]3(C)CCC(=O)N23)cc1. The summed E-state index contributed by atoms with van der Waals surface area (Å²) in [6.45, 7) is 1.64. The van der Waals surface area contributed by atoms with E-state index >= 15 is 0 Å². The number of fused-ring (bicyclic) bond motifs is 1. The van der Waals surface area contributed by atoms with E-state index in [-0.39, 0.29) is 23.2 Å². The number of ketones is 1. The smallest absolute Gasteiger partial charge is 0.330 e. The highest BCUT2D eigenvalue weighted by Crippen LogP contribution is 2.47. The van der Waals surface area contributed by atoms with E-state index in [4.69, 9.17) is 9.47 Å². The van der Waals surface area contributed by atoms with Gasteiger partial charge < -0.3 is 14.4 Å². The summed E-state index contributed by atoms with van der Waals surface area (Å²) in [7, 11) is 1.55. The minimum absolute atomic E-state index is 0.0223. The first kappa shape index (κ1) is 16.8. The zero-order valence-corrected chi connectivity index (χ0v) is 14.4. The number of hydrogen-bond acceptors (Lipinski definition) is 6. The predicted molar refractivity (Wildman–Crippen MR) is 89.0 cm³/mol. The minimum Gasteiger partial charge on any atom is -0.497 e. The van der Waals surface area contributed by atoms with E-state index in [1.165, 1.54) is 0 Å². The van der Waals surface area contributed by atoms with Crippen LogP contribution in [-0.2, 0) is 14.3 Å². The summed E-state index contributed by atoms with van der Waals surface area (Å²) < 4.78 is 10.2. The van der Waals surface area contributed by atoms with E-state index in [1.54, 1.807) is 48.0 Å². The van der Waals surface area contributed by atoms with Crippen LogP contribution in [0.2, 0.25) is 0 Å². The molecule has 2 saturated heterocycles. The van der Waals surface area contributed by atoms with Gasteiger partial charge in [0, 0.05) is 17.7 Å². The Hall–Kier alpha value is -2.02. The molecule has 0 bridgehead atoms. The molecule has 2 aliphatic rings. The summed E-state index contributed by atoms with van der Waals surface area (Å²) >= 11 is 1.60. The van der Waals surface area contributed by atoms with E-state index in [0.29, 0.717) is 23.5 Å². The van der Waals surface area contributed by atoms with Crippen molar-refractivity contribution in [1.82, 2.24) is 4.90 Å². The summed E-state index contributed by atoms with van der Waals surface area (Å²) in [5.41, 5.74) is 0.450. The summed E-state index contributed by atoms with van der Waals surface area (Å²) in [5, 5.41) is 0. The van der Waals surface area contributed by atoms with Gasteiger partial charge in [0.15, 0.2) is 12.4 Å². The Morgan fingerprint density at radius 2 is 2.04 bits per heavy atom. The minimum atomic E-state index is -0.598. The van der Waals surface area contributed by atoms with E-state index in [2.05, 4.69) is 0 Å². The van der Waals surface area contributed by atoms with Crippen LogP contribution >= 0.6 is 11.8 Å². The number of amides is 1. The number of rotatable bonds is 5. The lowest BCUT2D eigenvalue weighted by Crippen LogP contribution is -2.46.